The number of hydrogen-bond acceptors (Lipinski definition) is 3. The number of nitrogens with one attached hydrogen (secondary N) is 1. The number of anilines is 1. The molecule has 0 radical (unpaired) electrons. The summed E-state index contributed by atoms with van der Waals surface area (Å²) >= 11 is 6.12. The predicted octanol–water partition coefficient (Wildman–Crippen LogP) is 3.02. The maximum Gasteiger partial charge on any atom is 0.322 e. The molecule has 3 saturated heterocycles. The van der Waals surface area contributed by atoms with Crippen LogP contribution in [0, 0.1) is 0 Å². The van der Waals surface area contributed by atoms with Gasteiger partial charge in [-0.05, 0) is 37.8 Å². The number of amides is 4. The minimum absolute atomic E-state index is 0.0624. The third-order valence-electron chi connectivity index (χ3n) is 5.51. The Morgan fingerprint density at radius 1 is 1.00 bits per heavy atom. The summed E-state index contributed by atoms with van der Waals surface area (Å²) in [6.07, 6.45) is 3.80. The van der Waals surface area contributed by atoms with Crippen LogP contribution in [-0.4, -0.2) is 45.8 Å². The number of hydrogen-bond donors (Lipinski definition) is 1. The van der Waals surface area contributed by atoms with Crippen LogP contribution in [-0.2, 0) is 9.59 Å². The highest BCUT2D eigenvalue weighted by molar-refractivity contribution is 6.33. The molecule has 3 fully saturated rings. The van der Waals surface area contributed by atoms with E-state index >= 15 is 0 Å². The Labute approximate surface area is 151 Å². The van der Waals surface area contributed by atoms with Crippen molar-refractivity contribution >= 4 is 35.1 Å². The van der Waals surface area contributed by atoms with Crippen LogP contribution in [0.2, 0.25) is 5.02 Å². The molecule has 3 aliphatic rings. The number of carbonyl (C=O) groups is 3. The van der Waals surface area contributed by atoms with Gasteiger partial charge >= 0.3 is 6.03 Å². The first-order valence-electron chi connectivity index (χ1n) is 8.73. The molecule has 0 aliphatic carbocycles. The van der Waals surface area contributed by atoms with Crippen LogP contribution < -0.4 is 5.32 Å². The standard InChI is InChI=1S/C18H20ClN3O3/c19-14-3-1-2-4-15(14)20-18(25)21-11-5-6-12(21)10-13(9-11)22-16(23)7-8-17(22)24/h1-4,11-13H,5-10H2,(H,20,25). The molecule has 3 heterocycles. The zero-order chi connectivity index (χ0) is 17.6. The number of imide groups is 1. The molecule has 0 aromatic heterocycles. The van der Waals surface area contributed by atoms with E-state index in [4.69, 9.17) is 11.6 Å². The van der Waals surface area contributed by atoms with E-state index in [0.29, 0.717) is 36.4 Å². The first-order valence-corrected chi connectivity index (χ1v) is 9.11. The van der Waals surface area contributed by atoms with E-state index in [1.807, 2.05) is 17.0 Å². The number of carbonyl (C=O) groups excluding carboxylic acids is 3. The van der Waals surface area contributed by atoms with Gasteiger partial charge < -0.3 is 10.2 Å². The Bertz CT molecular complexity index is 708. The highest BCUT2D eigenvalue weighted by Gasteiger charge is 2.47. The van der Waals surface area contributed by atoms with Crippen LogP contribution in [0.1, 0.15) is 38.5 Å². The minimum atomic E-state index is -0.155. The smallest absolute Gasteiger partial charge is 0.318 e. The first-order chi connectivity index (χ1) is 12.0. The van der Waals surface area contributed by atoms with Crippen LogP contribution >= 0.6 is 11.6 Å². The van der Waals surface area contributed by atoms with Gasteiger partial charge in [0.15, 0.2) is 0 Å². The van der Waals surface area contributed by atoms with Crippen molar-refractivity contribution in [1.29, 1.82) is 0 Å². The molecule has 7 heteroatoms. The maximum absolute atomic E-state index is 12.7. The molecule has 132 valence electrons. The van der Waals surface area contributed by atoms with Crippen LogP contribution in [0.5, 0.6) is 0 Å². The van der Waals surface area contributed by atoms with Crippen molar-refractivity contribution in [2.75, 3.05) is 5.32 Å². The van der Waals surface area contributed by atoms with Gasteiger partial charge in [-0.25, -0.2) is 4.79 Å². The minimum Gasteiger partial charge on any atom is -0.318 e. The number of nitrogens with zero attached hydrogens (tertiary/aromatic N) is 2. The summed E-state index contributed by atoms with van der Waals surface area (Å²) in [6, 6.07) is 7.06. The number of halogens is 1. The highest BCUT2D eigenvalue weighted by atomic mass is 35.5. The zero-order valence-electron chi connectivity index (χ0n) is 13.8. The van der Waals surface area contributed by atoms with Crippen molar-refractivity contribution < 1.29 is 14.4 Å². The monoisotopic (exact) mass is 361 g/mol. The molecule has 25 heavy (non-hydrogen) atoms. The second-order valence-corrected chi connectivity index (χ2v) is 7.39. The summed E-state index contributed by atoms with van der Waals surface area (Å²) < 4.78 is 0. The van der Waals surface area contributed by atoms with Gasteiger partial charge in [-0.15, -0.1) is 0 Å². The average molecular weight is 362 g/mol. The Kier molecular flexibility index (Phi) is 4.15. The summed E-state index contributed by atoms with van der Waals surface area (Å²) in [5.41, 5.74) is 0.598. The van der Waals surface area contributed by atoms with E-state index in [1.165, 1.54) is 4.90 Å². The lowest BCUT2D eigenvalue weighted by atomic mass is 9.96. The molecule has 1 aromatic rings. The second kappa shape index (κ2) is 6.33. The molecule has 2 unspecified atom stereocenters. The lowest BCUT2D eigenvalue weighted by molar-refractivity contribution is -0.142. The van der Waals surface area contributed by atoms with E-state index in [2.05, 4.69) is 5.32 Å². The number of urea groups is 1. The van der Waals surface area contributed by atoms with Gasteiger partial charge in [0.05, 0.1) is 10.7 Å². The van der Waals surface area contributed by atoms with E-state index in [1.54, 1.807) is 12.1 Å². The predicted molar refractivity (Wildman–Crippen MR) is 93.2 cm³/mol. The lowest BCUT2D eigenvalue weighted by Crippen LogP contribution is -2.54. The number of benzene rings is 1. The Hall–Kier alpha value is -2.08. The van der Waals surface area contributed by atoms with Gasteiger partial charge in [0, 0.05) is 31.0 Å². The van der Waals surface area contributed by atoms with E-state index in [0.717, 1.165) is 12.8 Å². The van der Waals surface area contributed by atoms with Gasteiger partial charge in [-0.3, -0.25) is 14.5 Å². The van der Waals surface area contributed by atoms with E-state index < -0.39 is 0 Å². The third kappa shape index (κ3) is 2.88. The normalized spacial score (nSPS) is 28.6. The second-order valence-electron chi connectivity index (χ2n) is 6.98. The summed E-state index contributed by atoms with van der Waals surface area (Å²) in [4.78, 5) is 40.1. The number of rotatable bonds is 2. The fourth-order valence-corrected chi connectivity index (χ4v) is 4.62. The van der Waals surface area contributed by atoms with Gasteiger partial charge in [0.25, 0.3) is 0 Å². The molecule has 2 atom stereocenters. The van der Waals surface area contributed by atoms with E-state index in [9.17, 15) is 14.4 Å². The maximum atomic E-state index is 12.7. The SMILES string of the molecule is O=C1CCC(=O)N1C1CC2CCC(C1)N2C(=O)Nc1ccccc1Cl. The Morgan fingerprint density at radius 3 is 2.20 bits per heavy atom. The summed E-state index contributed by atoms with van der Waals surface area (Å²) in [5.74, 6) is -0.133. The van der Waals surface area contributed by atoms with Crippen LogP contribution in [0.3, 0.4) is 0 Å². The number of para-hydroxylation sites is 1. The van der Waals surface area contributed by atoms with Gasteiger partial charge in [-0.1, -0.05) is 23.7 Å². The van der Waals surface area contributed by atoms with E-state index in [-0.39, 0.29) is 36.0 Å². The molecule has 4 amide bonds. The molecule has 6 nitrogen and oxygen atoms in total. The lowest BCUT2D eigenvalue weighted by Gasteiger charge is -2.41. The van der Waals surface area contributed by atoms with Gasteiger partial charge in [-0.2, -0.15) is 0 Å². The van der Waals surface area contributed by atoms with Crippen molar-refractivity contribution in [2.45, 2.75) is 56.7 Å². The quantitative estimate of drug-likeness (QED) is 0.823. The summed E-state index contributed by atoms with van der Waals surface area (Å²) in [7, 11) is 0. The largest absolute Gasteiger partial charge is 0.322 e. The molecule has 0 spiro atoms. The van der Waals surface area contributed by atoms with Crippen molar-refractivity contribution in [1.82, 2.24) is 9.80 Å². The average Bonchev–Trinajstić information content (AvgIpc) is 3.06. The molecular weight excluding hydrogens is 342 g/mol. The molecule has 2 bridgehead atoms. The molecule has 3 aliphatic heterocycles. The first kappa shape index (κ1) is 16.4. The topological polar surface area (TPSA) is 69.7 Å². The molecule has 1 N–H and O–H groups in total. The summed E-state index contributed by atoms with van der Waals surface area (Å²) in [5, 5.41) is 3.40. The molecular formula is C18H20ClN3O3. The van der Waals surface area contributed by atoms with Crippen LogP contribution in [0.4, 0.5) is 10.5 Å². The Balaban J connectivity index is 1.47. The van der Waals surface area contributed by atoms with Crippen molar-refractivity contribution in [3.63, 3.8) is 0 Å². The van der Waals surface area contributed by atoms with Gasteiger partial charge in [0.1, 0.15) is 0 Å². The molecule has 0 saturated carbocycles. The number of likely N-dealkylation sites (tertiary alicyclic amines) is 1. The highest BCUT2D eigenvalue weighted by Crippen LogP contribution is 2.39. The molecule has 1 aromatic carbocycles. The fraction of sp³-hybridized carbons (Fsp3) is 0.500. The van der Waals surface area contributed by atoms with Crippen molar-refractivity contribution in [3.8, 4) is 0 Å². The Morgan fingerprint density at radius 2 is 1.60 bits per heavy atom. The number of piperidine rings is 1. The van der Waals surface area contributed by atoms with Crippen molar-refractivity contribution in [3.05, 3.63) is 29.3 Å². The van der Waals surface area contributed by atoms with Crippen LogP contribution in [0.25, 0.3) is 0 Å². The van der Waals surface area contributed by atoms with Crippen LogP contribution in [0.15, 0.2) is 24.3 Å². The van der Waals surface area contributed by atoms with Crippen molar-refractivity contribution in [2.24, 2.45) is 0 Å². The summed E-state index contributed by atoms with van der Waals surface area (Å²) in [6.45, 7) is 0. The number of fused-ring (bicyclic) bond motifs is 2. The molecule has 4 rings (SSSR count). The fourth-order valence-electron chi connectivity index (χ4n) is 4.43. The van der Waals surface area contributed by atoms with Gasteiger partial charge in [0.2, 0.25) is 11.8 Å². The third-order valence-corrected chi connectivity index (χ3v) is 5.84. The zero-order valence-corrected chi connectivity index (χ0v) is 14.5.